The van der Waals surface area contributed by atoms with Crippen LogP contribution in [0.4, 0.5) is 0 Å². The van der Waals surface area contributed by atoms with Crippen molar-refractivity contribution >= 4 is 0 Å². The first-order valence-electron chi connectivity index (χ1n) is 4.66. The van der Waals surface area contributed by atoms with E-state index in [-0.39, 0.29) is 12.0 Å². The lowest BCUT2D eigenvalue weighted by atomic mass is 9.80. The van der Waals surface area contributed by atoms with E-state index in [9.17, 15) is 0 Å². The summed E-state index contributed by atoms with van der Waals surface area (Å²) in [6.07, 6.45) is 1.17. The molecule has 0 amide bonds. The average molecular weight is 167 g/mol. The third kappa shape index (κ3) is 1.98. The van der Waals surface area contributed by atoms with Crippen molar-refractivity contribution in [3.8, 4) is 6.07 Å². The fourth-order valence-electron chi connectivity index (χ4n) is 1.80. The number of hydrogen-bond donors (Lipinski definition) is 0. The maximum absolute atomic E-state index is 8.92. The van der Waals surface area contributed by atoms with Crippen LogP contribution < -0.4 is 0 Å². The molecule has 68 valence electrons. The number of rotatable bonds is 1. The maximum Gasteiger partial charge on any atom is 0.0660 e. The summed E-state index contributed by atoms with van der Waals surface area (Å²) < 4.78 is 5.53. The molecule has 0 bridgehead atoms. The Kier molecular flexibility index (Phi) is 3.11. The lowest BCUT2D eigenvalue weighted by molar-refractivity contribution is -0.0370. The minimum absolute atomic E-state index is 0.203. The molecule has 0 spiro atoms. The molecule has 1 aliphatic heterocycles. The molecule has 1 rings (SSSR count). The fourth-order valence-corrected chi connectivity index (χ4v) is 1.80. The van der Waals surface area contributed by atoms with E-state index in [1.54, 1.807) is 0 Å². The molecular weight excluding hydrogens is 150 g/mol. The zero-order valence-electron chi connectivity index (χ0n) is 8.08. The van der Waals surface area contributed by atoms with E-state index in [0.717, 1.165) is 13.0 Å². The predicted octanol–water partition coefficient (Wildman–Crippen LogP) is 2.21. The van der Waals surface area contributed by atoms with E-state index in [1.807, 2.05) is 6.92 Å². The second-order valence-corrected chi connectivity index (χ2v) is 4.02. The third-order valence-corrected chi connectivity index (χ3v) is 2.70. The molecule has 0 aromatic rings. The normalized spacial score (nSPS) is 36.4. The molecule has 0 radical (unpaired) electrons. The maximum atomic E-state index is 8.92. The Bertz CT molecular complexity index is 183. The van der Waals surface area contributed by atoms with Crippen molar-refractivity contribution < 1.29 is 4.74 Å². The molecule has 2 heteroatoms. The van der Waals surface area contributed by atoms with Gasteiger partial charge in [-0.05, 0) is 19.3 Å². The van der Waals surface area contributed by atoms with E-state index in [4.69, 9.17) is 10.00 Å². The Morgan fingerprint density at radius 1 is 1.50 bits per heavy atom. The number of hydrogen-bond acceptors (Lipinski definition) is 2. The van der Waals surface area contributed by atoms with Crippen LogP contribution in [0.25, 0.3) is 0 Å². The average Bonchev–Trinajstić information content (AvgIpc) is 2.03. The summed E-state index contributed by atoms with van der Waals surface area (Å²) in [6.45, 7) is 7.13. The summed E-state index contributed by atoms with van der Waals surface area (Å²) >= 11 is 0. The summed E-state index contributed by atoms with van der Waals surface area (Å²) in [5, 5.41) is 8.92. The SMILES string of the molecule is CC1CC(C#N)C(C(C)C)CO1. The first kappa shape index (κ1) is 9.54. The van der Waals surface area contributed by atoms with Gasteiger partial charge in [0.1, 0.15) is 0 Å². The molecule has 0 aliphatic carbocycles. The van der Waals surface area contributed by atoms with Crippen LogP contribution in [-0.4, -0.2) is 12.7 Å². The largest absolute Gasteiger partial charge is 0.378 e. The second-order valence-electron chi connectivity index (χ2n) is 4.02. The van der Waals surface area contributed by atoms with Crippen LogP contribution in [0, 0.1) is 29.1 Å². The predicted molar refractivity (Wildman–Crippen MR) is 47.5 cm³/mol. The summed E-state index contributed by atoms with van der Waals surface area (Å²) in [5.41, 5.74) is 0. The van der Waals surface area contributed by atoms with E-state index in [2.05, 4.69) is 19.9 Å². The fraction of sp³-hybridized carbons (Fsp3) is 0.900. The summed E-state index contributed by atoms with van der Waals surface area (Å²) in [5.74, 6) is 1.20. The van der Waals surface area contributed by atoms with Crippen molar-refractivity contribution in [1.29, 1.82) is 5.26 Å². The van der Waals surface area contributed by atoms with Crippen LogP contribution in [-0.2, 0) is 4.74 Å². The second kappa shape index (κ2) is 3.91. The van der Waals surface area contributed by atoms with Crippen LogP contribution in [0.5, 0.6) is 0 Å². The van der Waals surface area contributed by atoms with Gasteiger partial charge in [0.05, 0.1) is 24.7 Å². The third-order valence-electron chi connectivity index (χ3n) is 2.70. The molecule has 0 aromatic carbocycles. The topological polar surface area (TPSA) is 33.0 Å². The van der Waals surface area contributed by atoms with Crippen LogP contribution in [0.3, 0.4) is 0 Å². The van der Waals surface area contributed by atoms with Crippen molar-refractivity contribution in [3.63, 3.8) is 0 Å². The Labute approximate surface area is 74.5 Å². The van der Waals surface area contributed by atoms with Gasteiger partial charge in [-0.1, -0.05) is 13.8 Å². The highest BCUT2D eigenvalue weighted by Gasteiger charge is 2.31. The first-order chi connectivity index (χ1) is 5.65. The molecule has 1 saturated heterocycles. The highest BCUT2D eigenvalue weighted by atomic mass is 16.5. The van der Waals surface area contributed by atoms with Crippen molar-refractivity contribution in [1.82, 2.24) is 0 Å². The van der Waals surface area contributed by atoms with Gasteiger partial charge < -0.3 is 4.74 Å². The van der Waals surface area contributed by atoms with Gasteiger partial charge >= 0.3 is 0 Å². The molecule has 0 aromatic heterocycles. The Morgan fingerprint density at radius 3 is 2.67 bits per heavy atom. The van der Waals surface area contributed by atoms with Gasteiger partial charge in [-0.2, -0.15) is 5.26 Å². The van der Waals surface area contributed by atoms with Crippen LogP contribution in [0.2, 0.25) is 0 Å². The minimum atomic E-state index is 0.203. The minimum Gasteiger partial charge on any atom is -0.378 e. The van der Waals surface area contributed by atoms with Gasteiger partial charge in [0.2, 0.25) is 0 Å². The van der Waals surface area contributed by atoms with Crippen molar-refractivity contribution in [2.24, 2.45) is 17.8 Å². The highest BCUT2D eigenvalue weighted by Crippen LogP contribution is 2.30. The Morgan fingerprint density at radius 2 is 2.17 bits per heavy atom. The van der Waals surface area contributed by atoms with Gasteiger partial charge in [0.15, 0.2) is 0 Å². The van der Waals surface area contributed by atoms with E-state index < -0.39 is 0 Å². The number of ether oxygens (including phenoxy) is 1. The van der Waals surface area contributed by atoms with E-state index in [1.165, 1.54) is 0 Å². The van der Waals surface area contributed by atoms with Gasteiger partial charge in [-0.3, -0.25) is 0 Å². The van der Waals surface area contributed by atoms with Crippen molar-refractivity contribution in [3.05, 3.63) is 0 Å². The van der Waals surface area contributed by atoms with Crippen molar-refractivity contribution in [2.45, 2.75) is 33.3 Å². The molecule has 3 atom stereocenters. The van der Waals surface area contributed by atoms with E-state index >= 15 is 0 Å². The molecule has 0 saturated carbocycles. The molecule has 0 N–H and O–H groups in total. The smallest absolute Gasteiger partial charge is 0.0660 e. The molecular formula is C10H17NO. The monoisotopic (exact) mass is 167 g/mol. The molecule has 1 heterocycles. The Hall–Kier alpha value is -0.550. The zero-order valence-corrected chi connectivity index (χ0v) is 8.08. The lowest BCUT2D eigenvalue weighted by Gasteiger charge is -2.33. The molecule has 2 nitrogen and oxygen atoms in total. The molecule has 1 aliphatic rings. The quantitative estimate of drug-likeness (QED) is 0.600. The highest BCUT2D eigenvalue weighted by molar-refractivity contribution is 4.92. The van der Waals surface area contributed by atoms with Crippen LogP contribution in [0.1, 0.15) is 27.2 Å². The van der Waals surface area contributed by atoms with Crippen molar-refractivity contribution in [2.75, 3.05) is 6.61 Å². The molecule has 1 fully saturated rings. The van der Waals surface area contributed by atoms with Gasteiger partial charge in [0, 0.05) is 5.92 Å². The molecule has 3 unspecified atom stereocenters. The summed E-state index contributed by atoms with van der Waals surface area (Å²) in [7, 11) is 0. The number of nitrogens with zero attached hydrogens (tertiary/aromatic N) is 1. The zero-order chi connectivity index (χ0) is 9.14. The Balaban J connectivity index is 2.58. The van der Waals surface area contributed by atoms with Crippen LogP contribution >= 0.6 is 0 Å². The molecule has 12 heavy (non-hydrogen) atoms. The number of nitriles is 1. The van der Waals surface area contributed by atoms with Gasteiger partial charge in [-0.15, -0.1) is 0 Å². The standard InChI is InChI=1S/C10H17NO/c1-7(2)10-6-12-8(3)4-9(10)5-11/h7-10H,4,6H2,1-3H3. The lowest BCUT2D eigenvalue weighted by Crippen LogP contribution is -2.34. The summed E-state index contributed by atoms with van der Waals surface area (Å²) in [6, 6.07) is 2.39. The first-order valence-corrected chi connectivity index (χ1v) is 4.66. The summed E-state index contributed by atoms with van der Waals surface area (Å²) in [4.78, 5) is 0. The van der Waals surface area contributed by atoms with Gasteiger partial charge in [-0.25, -0.2) is 0 Å². The van der Waals surface area contributed by atoms with E-state index in [0.29, 0.717) is 11.8 Å². The van der Waals surface area contributed by atoms with Crippen LogP contribution in [0.15, 0.2) is 0 Å². The van der Waals surface area contributed by atoms with Gasteiger partial charge in [0.25, 0.3) is 0 Å².